The van der Waals surface area contributed by atoms with Gasteiger partial charge in [-0.2, -0.15) is 0 Å². The summed E-state index contributed by atoms with van der Waals surface area (Å²) in [4.78, 5) is 30.3. The van der Waals surface area contributed by atoms with Crippen molar-refractivity contribution < 1.29 is 14.3 Å². The number of thioether (sulfide) groups is 1. The van der Waals surface area contributed by atoms with Crippen LogP contribution >= 0.6 is 11.8 Å². The highest BCUT2D eigenvalue weighted by molar-refractivity contribution is 7.99. The van der Waals surface area contributed by atoms with E-state index in [2.05, 4.69) is 20.2 Å². The van der Waals surface area contributed by atoms with Gasteiger partial charge in [-0.1, -0.05) is 36.0 Å². The zero-order valence-electron chi connectivity index (χ0n) is 19.8. The number of aryl methyl sites for hydroxylation is 2. The minimum Gasteiger partial charge on any atom is -0.376 e. The lowest BCUT2D eigenvalue weighted by Gasteiger charge is -2.15. The van der Waals surface area contributed by atoms with Crippen LogP contribution in [0, 0.1) is 20.8 Å². The number of benzene rings is 2. The lowest BCUT2D eigenvalue weighted by Crippen LogP contribution is -2.20. The van der Waals surface area contributed by atoms with E-state index >= 15 is 0 Å². The second kappa shape index (κ2) is 10.9. The molecule has 8 heteroatoms. The number of hydrogen-bond acceptors (Lipinski definition) is 5. The van der Waals surface area contributed by atoms with Crippen molar-refractivity contribution in [3.63, 3.8) is 0 Å². The third-order valence-electron chi connectivity index (χ3n) is 5.89. The number of para-hydroxylation sites is 1. The second-order valence-electron chi connectivity index (χ2n) is 8.52. The van der Waals surface area contributed by atoms with E-state index in [4.69, 9.17) is 4.74 Å². The largest absolute Gasteiger partial charge is 0.376 e. The van der Waals surface area contributed by atoms with Gasteiger partial charge in [0.25, 0.3) is 5.91 Å². The first-order valence-corrected chi connectivity index (χ1v) is 12.4. The van der Waals surface area contributed by atoms with E-state index in [1.165, 1.54) is 11.8 Å². The highest BCUT2D eigenvalue weighted by atomic mass is 32.2. The lowest BCUT2D eigenvalue weighted by molar-refractivity contribution is -0.113. The molecule has 2 heterocycles. The Morgan fingerprint density at radius 2 is 1.94 bits per heavy atom. The molecule has 178 valence electrons. The summed E-state index contributed by atoms with van der Waals surface area (Å²) in [5.74, 6) is -0.273. The molecule has 4 rings (SSSR count). The maximum Gasteiger partial charge on any atom is 0.257 e. The van der Waals surface area contributed by atoms with E-state index in [-0.39, 0.29) is 23.7 Å². The molecule has 2 aromatic carbocycles. The molecule has 0 radical (unpaired) electrons. The van der Waals surface area contributed by atoms with Crippen LogP contribution < -0.4 is 10.6 Å². The molecular formula is C26H30N4O3S. The van der Waals surface area contributed by atoms with Gasteiger partial charge in [0.15, 0.2) is 5.16 Å². The smallest absolute Gasteiger partial charge is 0.257 e. The molecule has 2 amide bonds. The van der Waals surface area contributed by atoms with Crippen molar-refractivity contribution >= 4 is 35.0 Å². The fourth-order valence-corrected chi connectivity index (χ4v) is 4.87. The Balaban J connectivity index is 1.40. The van der Waals surface area contributed by atoms with Crippen molar-refractivity contribution in [3.05, 3.63) is 71.0 Å². The molecule has 0 spiro atoms. The Morgan fingerprint density at radius 1 is 1.12 bits per heavy atom. The van der Waals surface area contributed by atoms with Gasteiger partial charge in [0.1, 0.15) is 0 Å². The van der Waals surface area contributed by atoms with E-state index in [9.17, 15) is 9.59 Å². The van der Waals surface area contributed by atoms with E-state index in [0.717, 1.165) is 48.1 Å². The Labute approximate surface area is 204 Å². The molecular weight excluding hydrogens is 448 g/mol. The zero-order chi connectivity index (χ0) is 24.1. The van der Waals surface area contributed by atoms with Gasteiger partial charge in [-0.15, -0.1) is 0 Å². The predicted molar refractivity (Wildman–Crippen MR) is 136 cm³/mol. The van der Waals surface area contributed by atoms with Gasteiger partial charge in [-0.25, -0.2) is 4.98 Å². The normalized spacial score (nSPS) is 15.3. The van der Waals surface area contributed by atoms with Crippen LogP contribution in [0.25, 0.3) is 0 Å². The van der Waals surface area contributed by atoms with E-state index < -0.39 is 0 Å². The highest BCUT2D eigenvalue weighted by Crippen LogP contribution is 2.25. The van der Waals surface area contributed by atoms with Crippen LogP contribution in [0.4, 0.5) is 11.4 Å². The summed E-state index contributed by atoms with van der Waals surface area (Å²) in [5, 5.41) is 6.60. The first-order chi connectivity index (χ1) is 16.4. The van der Waals surface area contributed by atoms with Crippen LogP contribution in [0.5, 0.6) is 0 Å². The summed E-state index contributed by atoms with van der Waals surface area (Å²) in [5.41, 5.74) is 4.71. The van der Waals surface area contributed by atoms with E-state index in [1.807, 2.05) is 45.0 Å². The number of ether oxygens (including phenoxy) is 1. The SMILES string of the molecule is Cc1cccc(NC(=O)c2ccccc2NC(=O)CSc2nc(C)c(C)n2CC2CCCO2)c1. The Bertz CT molecular complexity index is 1180. The summed E-state index contributed by atoms with van der Waals surface area (Å²) in [6, 6.07) is 14.6. The van der Waals surface area contributed by atoms with E-state index in [1.54, 1.807) is 24.3 Å². The molecule has 34 heavy (non-hydrogen) atoms. The van der Waals surface area contributed by atoms with Crippen molar-refractivity contribution in [2.24, 2.45) is 0 Å². The summed E-state index contributed by atoms with van der Waals surface area (Å²) < 4.78 is 7.94. The standard InChI is InChI=1S/C26H30N4O3S/c1-17-8-6-9-20(14-17)28-25(32)22-11-4-5-12-23(22)29-24(31)16-34-26-27-18(2)19(3)30(26)15-21-10-7-13-33-21/h4-6,8-9,11-12,14,21H,7,10,13,15-16H2,1-3H3,(H,28,32)(H,29,31). The third kappa shape index (κ3) is 5.87. The van der Waals surface area contributed by atoms with E-state index in [0.29, 0.717) is 16.9 Å². The third-order valence-corrected chi connectivity index (χ3v) is 6.86. The van der Waals surface area contributed by atoms with Gasteiger partial charge in [0.05, 0.1) is 35.3 Å². The van der Waals surface area contributed by atoms with Crippen LogP contribution in [0.15, 0.2) is 53.7 Å². The fraction of sp³-hybridized carbons (Fsp3) is 0.346. The van der Waals surface area contributed by atoms with Gasteiger partial charge < -0.3 is 19.9 Å². The minimum atomic E-state index is -0.271. The number of amides is 2. The molecule has 0 saturated carbocycles. The molecule has 1 saturated heterocycles. The second-order valence-corrected chi connectivity index (χ2v) is 9.46. The lowest BCUT2D eigenvalue weighted by atomic mass is 10.1. The maximum absolute atomic E-state index is 12.9. The van der Waals surface area contributed by atoms with Crippen LogP contribution in [-0.2, 0) is 16.1 Å². The first-order valence-electron chi connectivity index (χ1n) is 11.5. The minimum absolute atomic E-state index is 0.190. The first kappa shape index (κ1) is 24.0. The average Bonchev–Trinajstić information content (AvgIpc) is 3.42. The molecule has 1 aliphatic heterocycles. The zero-order valence-corrected chi connectivity index (χ0v) is 20.6. The number of carbonyl (C=O) groups is 2. The van der Waals surface area contributed by atoms with Gasteiger partial charge >= 0.3 is 0 Å². The van der Waals surface area contributed by atoms with Gasteiger partial charge in [0, 0.05) is 18.0 Å². The number of rotatable bonds is 8. The highest BCUT2D eigenvalue weighted by Gasteiger charge is 2.21. The molecule has 2 N–H and O–H groups in total. The molecule has 1 atom stereocenters. The van der Waals surface area contributed by atoms with Crippen molar-refractivity contribution in [2.45, 2.75) is 51.4 Å². The number of nitrogens with one attached hydrogen (secondary N) is 2. The average molecular weight is 479 g/mol. The monoisotopic (exact) mass is 478 g/mol. The van der Waals surface area contributed by atoms with Gasteiger partial charge in [-0.3, -0.25) is 9.59 Å². The van der Waals surface area contributed by atoms with Crippen LogP contribution in [0.1, 0.15) is 40.2 Å². The molecule has 1 unspecified atom stereocenters. The molecule has 0 bridgehead atoms. The van der Waals surface area contributed by atoms with Gasteiger partial charge in [-0.05, 0) is 63.4 Å². The van der Waals surface area contributed by atoms with Crippen molar-refractivity contribution in [1.29, 1.82) is 0 Å². The number of imidazole rings is 1. The Morgan fingerprint density at radius 3 is 2.71 bits per heavy atom. The summed E-state index contributed by atoms with van der Waals surface area (Å²) in [7, 11) is 0. The summed E-state index contributed by atoms with van der Waals surface area (Å²) >= 11 is 1.39. The summed E-state index contributed by atoms with van der Waals surface area (Å²) in [6.45, 7) is 7.55. The Kier molecular flexibility index (Phi) is 7.70. The van der Waals surface area contributed by atoms with Crippen LogP contribution in [-0.4, -0.2) is 39.8 Å². The maximum atomic E-state index is 12.9. The predicted octanol–water partition coefficient (Wildman–Crippen LogP) is 4.97. The molecule has 3 aromatic rings. The van der Waals surface area contributed by atoms with Crippen molar-refractivity contribution in [2.75, 3.05) is 23.0 Å². The molecule has 1 aliphatic rings. The number of anilines is 2. The summed E-state index contributed by atoms with van der Waals surface area (Å²) in [6.07, 6.45) is 2.32. The number of carbonyl (C=O) groups excluding carboxylic acids is 2. The molecule has 1 fully saturated rings. The number of aromatic nitrogens is 2. The van der Waals surface area contributed by atoms with Crippen LogP contribution in [0.3, 0.4) is 0 Å². The molecule has 7 nitrogen and oxygen atoms in total. The Hall–Kier alpha value is -3.10. The van der Waals surface area contributed by atoms with Crippen molar-refractivity contribution in [1.82, 2.24) is 9.55 Å². The number of nitrogens with zero attached hydrogens (tertiary/aromatic N) is 2. The topological polar surface area (TPSA) is 85.3 Å². The molecule has 1 aromatic heterocycles. The quantitative estimate of drug-likeness (QED) is 0.447. The van der Waals surface area contributed by atoms with Crippen LogP contribution in [0.2, 0.25) is 0 Å². The molecule has 0 aliphatic carbocycles. The fourth-order valence-electron chi connectivity index (χ4n) is 3.97. The van der Waals surface area contributed by atoms with Gasteiger partial charge in [0.2, 0.25) is 5.91 Å². The van der Waals surface area contributed by atoms with Crippen molar-refractivity contribution in [3.8, 4) is 0 Å². The number of hydrogen-bond donors (Lipinski definition) is 2.